The fourth-order valence-electron chi connectivity index (χ4n) is 1.57. The van der Waals surface area contributed by atoms with Gasteiger partial charge in [0.2, 0.25) is 5.89 Å². The number of alkyl halides is 1. The summed E-state index contributed by atoms with van der Waals surface area (Å²) in [6.07, 6.45) is 1.18. The maximum absolute atomic E-state index is 5.62. The largest absolute Gasteiger partial charge is 0.407 e. The van der Waals surface area contributed by atoms with Crippen molar-refractivity contribution in [2.24, 2.45) is 0 Å². The van der Waals surface area contributed by atoms with E-state index in [0.29, 0.717) is 17.2 Å². The number of anilines is 1. The summed E-state index contributed by atoms with van der Waals surface area (Å²) in [5.74, 6) is 1.90. The fourth-order valence-corrected chi connectivity index (χ4v) is 2.85. The Morgan fingerprint density at radius 1 is 1.60 bits per heavy atom. The van der Waals surface area contributed by atoms with E-state index in [-0.39, 0.29) is 5.88 Å². The summed E-state index contributed by atoms with van der Waals surface area (Å²) in [4.78, 5) is 2.15. The van der Waals surface area contributed by atoms with Gasteiger partial charge < -0.3 is 9.32 Å². The zero-order valence-corrected chi connectivity index (χ0v) is 10.2. The first kappa shape index (κ1) is 11.1. The van der Waals surface area contributed by atoms with Gasteiger partial charge in [0.25, 0.3) is 0 Å². The molecule has 0 N–H and O–H groups in total. The van der Waals surface area contributed by atoms with Gasteiger partial charge in [-0.15, -0.1) is 16.7 Å². The van der Waals surface area contributed by atoms with E-state index in [1.165, 1.54) is 6.42 Å². The van der Waals surface area contributed by atoms with Crippen LogP contribution in [0.25, 0.3) is 0 Å². The predicted molar refractivity (Wildman–Crippen MR) is 62.6 cm³/mol. The lowest BCUT2D eigenvalue weighted by Gasteiger charge is -2.30. The van der Waals surface area contributed by atoms with Crippen molar-refractivity contribution in [3.8, 4) is 0 Å². The molecule has 0 aliphatic carbocycles. The van der Waals surface area contributed by atoms with Crippen LogP contribution >= 0.6 is 23.4 Å². The van der Waals surface area contributed by atoms with Gasteiger partial charge in [-0.1, -0.05) is 12.0 Å². The van der Waals surface area contributed by atoms with Crippen LogP contribution in [0.5, 0.6) is 0 Å². The molecule has 1 saturated heterocycles. The molecule has 1 aliphatic rings. The third kappa shape index (κ3) is 2.58. The zero-order chi connectivity index (χ0) is 10.7. The smallest absolute Gasteiger partial charge is 0.318 e. The van der Waals surface area contributed by atoms with Gasteiger partial charge in [0.05, 0.1) is 0 Å². The first-order valence-electron chi connectivity index (χ1n) is 5.08. The van der Waals surface area contributed by atoms with Gasteiger partial charge in [-0.2, -0.15) is 11.8 Å². The second-order valence-electron chi connectivity index (χ2n) is 3.46. The third-order valence-electron chi connectivity index (χ3n) is 2.44. The lowest BCUT2D eigenvalue weighted by molar-refractivity contribution is 0.497. The van der Waals surface area contributed by atoms with Crippen LogP contribution in [0.1, 0.15) is 19.2 Å². The molecule has 0 spiro atoms. The van der Waals surface area contributed by atoms with Gasteiger partial charge in [-0.25, -0.2) is 0 Å². The molecule has 1 fully saturated rings. The Balaban J connectivity index is 2.03. The first-order chi connectivity index (χ1) is 7.33. The predicted octanol–water partition coefficient (Wildman–Crippen LogP) is 2.14. The molecule has 84 valence electrons. The Morgan fingerprint density at radius 2 is 2.47 bits per heavy atom. The van der Waals surface area contributed by atoms with E-state index in [4.69, 9.17) is 16.0 Å². The topological polar surface area (TPSA) is 42.2 Å². The highest BCUT2D eigenvalue weighted by Crippen LogP contribution is 2.24. The summed E-state index contributed by atoms with van der Waals surface area (Å²) in [6, 6.07) is 0.615. The average Bonchev–Trinajstić information content (AvgIpc) is 2.78. The molecule has 1 aromatic rings. The Bertz CT molecular complexity index is 320. The Kier molecular flexibility index (Phi) is 3.75. The maximum atomic E-state index is 5.62. The van der Waals surface area contributed by atoms with Gasteiger partial charge in [-0.3, -0.25) is 0 Å². The van der Waals surface area contributed by atoms with E-state index >= 15 is 0 Å². The lowest BCUT2D eigenvalue weighted by Crippen LogP contribution is -2.37. The molecule has 2 rings (SSSR count). The Labute approximate surface area is 98.4 Å². The van der Waals surface area contributed by atoms with Crippen molar-refractivity contribution in [2.75, 3.05) is 23.7 Å². The number of hydrogen-bond acceptors (Lipinski definition) is 5. The number of thioether (sulfide) groups is 1. The number of rotatable bonds is 3. The minimum Gasteiger partial charge on any atom is -0.407 e. The molecule has 1 aliphatic heterocycles. The normalized spacial score (nSPS) is 22.0. The van der Waals surface area contributed by atoms with E-state index in [9.17, 15) is 0 Å². The molecule has 0 amide bonds. The highest BCUT2D eigenvalue weighted by molar-refractivity contribution is 8.00. The summed E-state index contributed by atoms with van der Waals surface area (Å²) in [5.41, 5.74) is 0. The highest BCUT2D eigenvalue weighted by Gasteiger charge is 2.22. The van der Waals surface area contributed by atoms with Crippen LogP contribution < -0.4 is 4.90 Å². The second kappa shape index (κ2) is 5.07. The fraction of sp³-hybridized carbons (Fsp3) is 0.778. The highest BCUT2D eigenvalue weighted by atomic mass is 35.5. The van der Waals surface area contributed by atoms with E-state index in [2.05, 4.69) is 22.0 Å². The lowest BCUT2D eigenvalue weighted by atomic mass is 10.3. The van der Waals surface area contributed by atoms with E-state index < -0.39 is 0 Å². The number of hydrogen-bond donors (Lipinski definition) is 0. The van der Waals surface area contributed by atoms with Gasteiger partial charge in [0, 0.05) is 24.1 Å². The van der Waals surface area contributed by atoms with E-state index in [1.807, 2.05) is 11.8 Å². The molecule has 2 heterocycles. The molecule has 6 heteroatoms. The van der Waals surface area contributed by atoms with Gasteiger partial charge in [-0.05, 0) is 6.42 Å². The Hall–Kier alpha value is -0.420. The van der Waals surface area contributed by atoms with Crippen molar-refractivity contribution in [1.82, 2.24) is 10.2 Å². The third-order valence-corrected chi connectivity index (χ3v) is 4.04. The molecule has 1 atom stereocenters. The molecule has 4 nitrogen and oxygen atoms in total. The minimum absolute atomic E-state index is 0.285. The van der Waals surface area contributed by atoms with E-state index in [0.717, 1.165) is 18.8 Å². The van der Waals surface area contributed by atoms with Crippen LogP contribution in [0.4, 0.5) is 6.01 Å². The zero-order valence-electron chi connectivity index (χ0n) is 8.65. The van der Waals surface area contributed by atoms with Gasteiger partial charge in [0.15, 0.2) is 0 Å². The van der Waals surface area contributed by atoms with Crippen molar-refractivity contribution in [3.63, 3.8) is 0 Å². The molecular formula is C9H14ClN3OS. The number of aromatic nitrogens is 2. The van der Waals surface area contributed by atoms with Crippen LogP contribution in [-0.4, -0.2) is 34.3 Å². The molecule has 0 bridgehead atoms. The summed E-state index contributed by atoms with van der Waals surface area (Å²) in [5, 5.41) is 8.53. The van der Waals surface area contributed by atoms with Crippen molar-refractivity contribution in [1.29, 1.82) is 0 Å². The summed E-state index contributed by atoms with van der Waals surface area (Å²) in [7, 11) is 0. The summed E-state index contributed by atoms with van der Waals surface area (Å²) < 4.78 is 5.43. The minimum atomic E-state index is 0.285. The standard InChI is InChI=1S/C9H14ClN3OS/c1-2-7-6-13(3-4-15-7)9-12-11-8(5-10)14-9/h7H,2-6H2,1H3. The van der Waals surface area contributed by atoms with Crippen molar-refractivity contribution in [3.05, 3.63) is 5.89 Å². The molecule has 1 unspecified atom stereocenters. The summed E-state index contributed by atoms with van der Waals surface area (Å²) in [6.45, 7) is 4.18. The molecule has 0 aromatic carbocycles. The van der Waals surface area contributed by atoms with Crippen LogP contribution in [0, 0.1) is 0 Å². The monoisotopic (exact) mass is 247 g/mol. The second-order valence-corrected chi connectivity index (χ2v) is 5.13. The van der Waals surface area contributed by atoms with Crippen molar-refractivity contribution in [2.45, 2.75) is 24.5 Å². The van der Waals surface area contributed by atoms with Gasteiger partial charge >= 0.3 is 6.01 Å². The SMILES string of the molecule is CCC1CN(c2nnc(CCl)o2)CCS1. The first-order valence-corrected chi connectivity index (χ1v) is 6.66. The van der Waals surface area contributed by atoms with Crippen molar-refractivity contribution < 1.29 is 4.42 Å². The summed E-state index contributed by atoms with van der Waals surface area (Å²) >= 11 is 7.63. The number of nitrogens with zero attached hydrogens (tertiary/aromatic N) is 3. The van der Waals surface area contributed by atoms with Crippen LogP contribution in [-0.2, 0) is 5.88 Å². The molecule has 15 heavy (non-hydrogen) atoms. The van der Waals surface area contributed by atoms with Gasteiger partial charge in [0.1, 0.15) is 5.88 Å². The average molecular weight is 248 g/mol. The van der Waals surface area contributed by atoms with Crippen LogP contribution in [0.3, 0.4) is 0 Å². The van der Waals surface area contributed by atoms with Crippen LogP contribution in [0.15, 0.2) is 4.42 Å². The maximum Gasteiger partial charge on any atom is 0.318 e. The van der Waals surface area contributed by atoms with Crippen LogP contribution in [0.2, 0.25) is 0 Å². The quantitative estimate of drug-likeness (QED) is 0.766. The van der Waals surface area contributed by atoms with E-state index in [1.54, 1.807) is 0 Å². The molecule has 0 saturated carbocycles. The molecule has 0 radical (unpaired) electrons. The Morgan fingerprint density at radius 3 is 3.13 bits per heavy atom. The van der Waals surface area contributed by atoms with Crippen molar-refractivity contribution >= 4 is 29.4 Å². The molecule has 1 aromatic heterocycles. The number of halogens is 1. The molecular weight excluding hydrogens is 234 g/mol.